The molecule has 1 atom stereocenters. The fraction of sp³-hybridized carbons (Fsp3) is 0.414. The van der Waals surface area contributed by atoms with Gasteiger partial charge in [0.25, 0.3) is 0 Å². The lowest BCUT2D eigenvalue weighted by atomic mass is 9.81. The van der Waals surface area contributed by atoms with E-state index in [0.717, 1.165) is 31.4 Å². The summed E-state index contributed by atoms with van der Waals surface area (Å²) < 4.78 is 8.20. The molecule has 0 radical (unpaired) electrons. The minimum atomic E-state index is 0.193. The number of para-hydroxylation sites is 1. The number of nitrogens with zero attached hydrogens (tertiary/aromatic N) is 5. The first kappa shape index (κ1) is 21.1. The smallest absolute Gasteiger partial charge is 0.202 e. The normalized spacial score (nSPS) is 20.5. The number of ether oxygens (including phenoxy) is 1. The lowest BCUT2D eigenvalue weighted by molar-refractivity contribution is 0.0897. The first-order chi connectivity index (χ1) is 17.3. The van der Waals surface area contributed by atoms with Gasteiger partial charge in [0.2, 0.25) is 5.82 Å². The highest BCUT2D eigenvalue weighted by atomic mass is 16.5. The Hall–Kier alpha value is -3.25. The van der Waals surface area contributed by atoms with E-state index in [9.17, 15) is 0 Å². The van der Waals surface area contributed by atoms with E-state index >= 15 is 0 Å². The van der Waals surface area contributed by atoms with Gasteiger partial charge in [-0.25, -0.2) is 0 Å². The van der Waals surface area contributed by atoms with Gasteiger partial charge >= 0.3 is 0 Å². The molecule has 178 valence electrons. The van der Waals surface area contributed by atoms with Gasteiger partial charge in [0.1, 0.15) is 0 Å². The molecule has 35 heavy (non-hydrogen) atoms. The van der Waals surface area contributed by atoms with E-state index in [1.54, 1.807) is 4.80 Å². The van der Waals surface area contributed by atoms with Crippen molar-refractivity contribution >= 4 is 22.7 Å². The number of fused-ring (bicyclic) bond motifs is 5. The quantitative estimate of drug-likeness (QED) is 0.367. The van der Waals surface area contributed by atoms with Crippen LogP contribution >= 0.6 is 0 Å². The van der Waals surface area contributed by atoms with Crippen LogP contribution in [0.2, 0.25) is 0 Å². The summed E-state index contributed by atoms with van der Waals surface area (Å²) >= 11 is 0. The molecule has 2 aliphatic heterocycles. The third kappa shape index (κ3) is 3.71. The van der Waals surface area contributed by atoms with E-state index in [4.69, 9.17) is 9.84 Å². The Balaban J connectivity index is 1.39. The largest absolute Gasteiger partial charge is 0.376 e. The molecule has 6 heteroatoms. The first-order valence-corrected chi connectivity index (χ1v) is 13.2. The topological polar surface area (TPSA) is 57.8 Å². The van der Waals surface area contributed by atoms with Gasteiger partial charge in [-0.2, -0.15) is 4.80 Å². The molecule has 0 amide bonds. The Labute approximate surface area is 205 Å². The second kappa shape index (κ2) is 8.76. The molecule has 0 bridgehead atoms. The third-order valence-corrected chi connectivity index (χ3v) is 8.03. The minimum Gasteiger partial charge on any atom is -0.376 e. The Morgan fingerprint density at radius 3 is 2.66 bits per heavy atom. The number of hydrogen-bond acceptors (Lipinski definition) is 4. The zero-order valence-electron chi connectivity index (χ0n) is 20.1. The van der Waals surface area contributed by atoms with E-state index in [-0.39, 0.29) is 6.10 Å². The highest BCUT2D eigenvalue weighted by Gasteiger charge is 2.29. The van der Waals surface area contributed by atoms with Crippen LogP contribution in [-0.2, 0) is 17.7 Å². The molecule has 4 aromatic rings. The summed E-state index contributed by atoms with van der Waals surface area (Å²) in [5.41, 5.74) is 7.92. The van der Waals surface area contributed by atoms with E-state index in [1.165, 1.54) is 65.4 Å². The maximum absolute atomic E-state index is 5.79. The third-order valence-electron chi connectivity index (χ3n) is 8.03. The van der Waals surface area contributed by atoms with Crippen molar-refractivity contribution in [3.8, 4) is 11.3 Å². The van der Waals surface area contributed by atoms with Crippen LogP contribution < -0.4 is 0 Å². The Morgan fingerprint density at radius 1 is 0.914 bits per heavy atom. The van der Waals surface area contributed by atoms with Crippen molar-refractivity contribution in [1.82, 2.24) is 24.8 Å². The number of tetrazole rings is 1. The SMILES string of the molecule is C1=C(c2nnn(CC3CCCO3)n2)Cc2ccccc2-c2c(C3CCCCC3)c3ccccc3n21. The van der Waals surface area contributed by atoms with Crippen molar-refractivity contribution in [1.29, 1.82) is 0 Å². The Morgan fingerprint density at radius 2 is 1.77 bits per heavy atom. The second-order valence-electron chi connectivity index (χ2n) is 10.3. The van der Waals surface area contributed by atoms with Crippen molar-refractivity contribution in [3.05, 3.63) is 65.5 Å². The molecular weight excluding hydrogens is 434 g/mol. The van der Waals surface area contributed by atoms with Crippen LogP contribution in [0, 0.1) is 0 Å². The van der Waals surface area contributed by atoms with Crippen LogP contribution in [0.4, 0.5) is 0 Å². The fourth-order valence-electron chi connectivity index (χ4n) is 6.37. The van der Waals surface area contributed by atoms with E-state index in [1.807, 2.05) is 0 Å². The van der Waals surface area contributed by atoms with Crippen LogP contribution in [0.25, 0.3) is 33.9 Å². The summed E-state index contributed by atoms with van der Waals surface area (Å²) in [5, 5.41) is 15.1. The monoisotopic (exact) mass is 465 g/mol. The fourth-order valence-corrected chi connectivity index (χ4v) is 6.37. The highest BCUT2D eigenvalue weighted by molar-refractivity contribution is 5.98. The lowest BCUT2D eigenvalue weighted by Crippen LogP contribution is -2.17. The van der Waals surface area contributed by atoms with Crippen LogP contribution in [0.15, 0.2) is 48.5 Å². The van der Waals surface area contributed by atoms with Crippen molar-refractivity contribution < 1.29 is 4.74 Å². The molecule has 2 fully saturated rings. The number of hydrogen-bond donors (Lipinski definition) is 0. The van der Waals surface area contributed by atoms with Gasteiger partial charge in [0, 0.05) is 35.8 Å². The van der Waals surface area contributed by atoms with E-state index in [2.05, 4.69) is 69.6 Å². The van der Waals surface area contributed by atoms with Gasteiger partial charge < -0.3 is 9.30 Å². The number of aromatic nitrogens is 5. The van der Waals surface area contributed by atoms with Crippen LogP contribution in [0.5, 0.6) is 0 Å². The molecule has 2 aromatic heterocycles. The molecule has 0 spiro atoms. The van der Waals surface area contributed by atoms with Gasteiger partial charge in [-0.15, -0.1) is 10.2 Å². The molecule has 7 rings (SSSR count). The summed E-state index contributed by atoms with van der Waals surface area (Å²) in [6.45, 7) is 1.50. The van der Waals surface area contributed by atoms with Crippen LogP contribution in [-0.4, -0.2) is 37.5 Å². The molecule has 1 saturated carbocycles. The number of allylic oxidation sites excluding steroid dienone is 1. The number of benzene rings is 2. The lowest BCUT2D eigenvalue weighted by Gasteiger charge is -2.23. The van der Waals surface area contributed by atoms with E-state index < -0.39 is 0 Å². The van der Waals surface area contributed by atoms with E-state index in [0.29, 0.717) is 18.3 Å². The van der Waals surface area contributed by atoms with Crippen molar-refractivity contribution in [2.75, 3.05) is 6.61 Å². The maximum Gasteiger partial charge on any atom is 0.202 e. The Kier molecular flexibility index (Phi) is 5.27. The molecule has 3 aliphatic rings. The predicted octanol–water partition coefficient (Wildman–Crippen LogP) is 6.08. The van der Waals surface area contributed by atoms with Gasteiger partial charge in [0.05, 0.1) is 23.9 Å². The van der Waals surface area contributed by atoms with Gasteiger partial charge in [-0.3, -0.25) is 0 Å². The van der Waals surface area contributed by atoms with Crippen LogP contribution in [0.3, 0.4) is 0 Å². The zero-order valence-corrected chi connectivity index (χ0v) is 20.1. The molecule has 0 N–H and O–H groups in total. The van der Waals surface area contributed by atoms with Crippen LogP contribution in [0.1, 0.15) is 67.8 Å². The Bertz CT molecular complexity index is 1400. The average molecular weight is 466 g/mol. The average Bonchev–Trinajstić information content (AvgIpc) is 3.63. The first-order valence-electron chi connectivity index (χ1n) is 13.2. The van der Waals surface area contributed by atoms with Gasteiger partial charge in [-0.05, 0) is 54.0 Å². The molecular formula is C29H31N5O. The molecule has 4 heterocycles. The summed E-state index contributed by atoms with van der Waals surface area (Å²) in [4.78, 5) is 1.71. The zero-order chi connectivity index (χ0) is 23.2. The summed E-state index contributed by atoms with van der Waals surface area (Å²) in [5.74, 6) is 1.32. The number of rotatable bonds is 4. The molecule has 1 saturated heterocycles. The molecule has 6 nitrogen and oxygen atoms in total. The molecule has 1 unspecified atom stereocenters. The van der Waals surface area contributed by atoms with Crippen molar-refractivity contribution in [2.24, 2.45) is 0 Å². The van der Waals surface area contributed by atoms with Crippen molar-refractivity contribution in [2.45, 2.75) is 69.9 Å². The summed E-state index contributed by atoms with van der Waals surface area (Å²) in [6.07, 6.45) is 12.0. The minimum absolute atomic E-state index is 0.193. The maximum atomic E-state index is 5.79. The highest BCUT2D eigenvalue weighted by Crippen LogP contribution is 2.46. The molecule has 2 aromatic carbocycles. The van der Waals surface area contributed by atoms with Gasteiger partial charge in [-0.1, -0.05) is 61.7 Å². The standard InChI is InChI=1S/C29H31N5O/c1-2-9-20(10-3-1)27-25-14-6-7-15-26(25)33-18-22(17-21-11-4-5-13-24(21)28(27)33)29-30-32-34(31-29)19-23-12-8-16-35-23/h4-7,11,13-15,18,20,23H,1-3,8-10,12,16-17,19H2. The predicted molar refractivity (Wildman–Crippen MR) is 138 cm³/mol. The van der Waals surface area contributed by atoms with Crippen molar-refractivity contribution in [3.63, 3.8) is 0 Å². The van der Waals surface area contributed by atoms with Gasteiger partial charge in [0.15, 0.2) is 0 Å². The summed E-state index contributed by atoms with van der Waals surface area (Å²) in [6, 6.07) is 17.8. The molecule has 1 aliphatic carbocycles. The second-order valence-corrected chi connectivity index (χ2v) is 10.3. The summed E-state index contributed by atoms with van der Waals surface area (Å²) in [7, 11) is 0.